The molecule has 17 heavy (non-hydrogen) atoms. The third-order valence-electron chi connectivity index (χ3n) is 2.68. The first kappa shape index (κ1) is 12.3. The first-order valence-corrected chi connectivity index (χ1v) is 8.09. The average molecular weight is 247 g/mol. The van der Waals surface area contributed by atoms with Crippen LogP contribution < -0.4 is 15.4 Å². The van der Waals surface area contributed by atoms with Crippen molar-refractivity contribution in [1.82, 2.24) is 0 Å². The van der Waals surface area contributed by atoms with Crippen LogP contribution in [0.15, 0.2) is 18.2 Å². The van der Waals surface area contributed by atoms with E-state index in [4.69, 9.17) is 11.2 Å². The van der Waals surface area contributed by atoms with Crippen LogP contribution in [0, 0.1) is 12.3 Å². The molecule has 1 N–H and O–H groups in total. The molecule has 0 radical (unpaired) electrons. The zero-order valence-corrected chi connectivity index (χ0v) is 11.3. The van der Waals surface area contributed by atoms with E-state index in [0.29, 0.717) is 12.6 Å². The zero-order chi connectivity index (χ0) is 12.3. The highest BCUT2D eigenvalue weighted by Crippen LogP contribution is 2.34. The van der Waals surface area contributed by atoms with Gasteiger partial charge in [0.05, 0.1) is 18.3 Å². The molecule has 0 saturated heterocycles. The van der Waals surface area contributed by atoms with E-state index in [1.165, 1.54) is 18.1 Å². The summed E-state index contributed by atoms with van der Waals surface area (Å²) in [6, 6.07) is 6.39. The van der Waals surface area contributed by atoms with E-state index in [9.17, 15) is 0 Å². The van der Waals surface area contributed by atoms with Gasteiger partial charge in [-0.3, -0.25) is 0 Å². The van der Waals surface area contributed by atoms with Crippen molar-refractivity contribution in [3.05, 3.63) is 18.2 Å². The molecule has 1 aliphatic rings. The van der Waals surface area contributed by atoms with Crippen molar-refractivity contribution >= 4 is 18.9 Å². The highest BCUT2D eigenvalue weighted by Gasteiger charge is 2.24. The summed E-state index contributed by atoms with van der Waals surface area (Å²) < 4.78 is 5.92. The number of hydrogen-bond acceptors (Lipinski definition) is 2. The van der Waals surface area contributed by atoms with Crippen LogP contribution in [0.4, 0.5) is 5.69 Å². The van der Waals surface area contributed by atoms with E-state index in [1.54, 1.807) is 0 Å². The van der Waals surface area contributed by atoms with Gasteiger partial charge >= 0.3 is 0 Å². The Morgan fingerprint density at radius 2 is 2.24 bits per heavy atom. The van der Waals surface area contributed by atoms with Gasteiger partial charge in [0.25, 0.3) is 0 Å². The second-order valence-electron chi connectivity index (χ2n) is 4.45. The van der Waals surface area contributed by atoms with E-state index in [1.807, 2.05) is 0 Å². The molecule has 90 valence electrons. The van der Waals surface area contributed by atoms with E-state index in [2.05, 4.69) is 42.8 Å². The molecule has 3 heteroatoms. The predicted octanol–water partition coefficient (Wildman–Crippen LogP) is 2.64. The molecule has 1 aliphatic carbocycles. The molecule has 0 bridgehead atoms. The first-order chi connectivity index (χ1) is 8.20. The van der Waals surface area contributed by atoms with Crippen LogP contribution in [0.2, 0.25) is 0 Å². The van der Waals surface area contributed by atoms with Crippen molar-refractivity contribution in [2.75, 3.05) is 25.2 Å². The molecule has 0 unspecified atom stereocenters. The van der Waals surface area contributed by atoms with E-state index in [-0.39, 0.29) is 7.92 Å². The lowest BCUT2D eigenvalue weighted by molar-refractivity contribution is 0.305. The molecule has 0 heterocycles. The maximum Gasteiger partial charge on any atom is 0.143 e. The van der Waals surface area contributed by atoms with Crippen molar-refractivity contribution in [3.8, 4) is 18.1 Å². The van der Waals surface area contributed by atoms with Gasteiger partial charge in [-0.15, -0.1) is 6.42 Å². The summed E-state index contributed by atoms with van der Waals surface area (Å²) in [6.45, 7) is 5.04. The van der Waals surface area contributed by atoms with E-state index >= 15 is 0 Å². The molecule has 0 spiro atoms. The monoisotopic (exact) mass is 247 g/mol. The number of terminal acetylenes is 1. The van der Waals surface area contributed by atoms with Crippen molar-refractivity contribution in [2.24, 2.45) is 0 Å². The lowest BCUT2D eigenvalue weighted by Gasteiger charge is -2.15. The van der Waals surface area contributed by atoms with Gasteiger partial charge in [-0.2, -0.15) is 0 Å². The Bertz CT molecular complexity index is 432. The van der Waals surface area contributed by atoms with Gasteiger partial charge in [0.2, 0.25) is 0 Å². The summed E-state index contributed by atoms with van der Waals surface area (Å²) in [4.78, 5) is 0. The van der Waals surface area contributed by atoms with Gasteiger partial charge in [0.15, 0.2) is 0 Å². The van der Waals surface area contributed by atoms with Crippen LogP contribution in [-0.4, -0.2) is 26.0 Å². The second-order valence-corrected chi connectivity index (χ2v) is 6.76. The Labute approximate surface area is 105 Å². The van der Waals surface area contributed by atoms with E-state index < -0.39 is 0 Å². The number of hydrogen-bond donors (Lipinski definition) is 1. The largest absolute Gasteiger partial charge is 0.488 e. The molecule has 2 rings (SSSR count). The van der Waals surface area contributed by atoms with Gasteiger partial charge in [-0.05, 0) is 43.6 Å². The predicted molar refractivity (Wildman–Crippen MR) is 75.8 cm³/mol. The number of rotatable bonds is 5. The second kappa shape index (κ2) is 5.43. The maximum absolute atomic E-state index is 5.92. The molecule has 0 aromatic heterocycles. The van der Waals surface area contributed by atoms with Gasteiger partial charge in [-0.1, -0.05) is 19.9 Å². The summed E-state index contributed by atoms with van der Waals surface area (Å²) in [5.41, 5.74) is 1.01. The van der Waals surface area contributed by atoms with Gasteiger partial charge in [0.1, 0.15) is 5.75 Å². The topological polar surface area (TPSA) is 21.3 Å². The fourth-order valence-electron chi connectivity index (χ4n) is 1.54. The number of ether oxygens (including phenoxy) is 1. The Morgan fingerprint density at radius 1 is 1.47 bits per heavy atom. The molecule has 1 saturated carbocycles. The number of nitrogens with one attached hydrogen (secondary N) is 1. The molecule has 1 aromatic rings. The summed E-state index contributed by atoms with van der Waals surface area (Å²) in [6.07, 6.45) is 8.03. The zero-order valence-electron chi connectivity index (χ0n) is 10.4. The van der Waals surface area contributed by atoms with E-state index in [0.717, 1.165) is 11.4 Å². The van der Waals surface area contributed by atoms with Crippen LogP contribution in [0.1, 0.15) is 12.8 Å². The van der Waals surface area contributed by atoms with Crippen molar-refractivity contribution in [3.63, 3.8) is 0 Å². The minimum Gasteiger partial charge on any atom is -0.488 e. The summed E-state index contributed by atoms with van der Waals surface area (Å²) in [5.74, 6) is 3.54. The molecule has 2 nitrogen and oxygen atoms in total. The number of anilines is 1. The lowest BCUT2D eigenvalue weighted by atomic mass is 10.3. The minimum atomic E-state index is -0.0897. The third kappa shape index (κ3) is 3.38. The van der Waals surface area contributed by atoms with Crippen LogP contribution in [0.3, 0.4) is 0 Å². The van der Waals surface area contributed by atoms with Crippen molar-refractivity contribution < 1.29 is 4.74 Å². The Hall–Kier alpha value is -1.19. The smallest absolute Gasteiger partial charge is 0.143 e. The quantitative estimate of drug-likeness (QED) is 0.638. The standard InChI is InChI=1S/C14H18NOP/c1-4-9-15-13-8-7-12(17(2)3)10-14(13)16-11-5-6-11/h1,7-8,10-11,15H,5-6,9H2,2-3H3. The van der Waals surface area contributed by atoms with Crippen molar-refractivity contribution in [1.29, 1.82) is 0 Å². The molecule has 0 amide bonds. The molecule has 1 aromatic carbocycles. The van der Waals surface area contributed by atoms with Gasteiger partial charge < -0.3 is 10.1 Å². The third-order valence-corrected chi connectivity index (χ3v) is 3.99. The minimum absolute atomic E-state index is 0.0897. The van der Waals surface area contributed by atoms with Crippen LogP contribution >= 0.6 is 7.92 Å². The van der Waals surface area contributed by atoms with Crippen LogP contribution in [-0.2, 0) is 0 Å². The fourth-order valence-corrected chi connectivity index (χ4v) is 2.29. The molecule has 1 fully saturated rings. The SMILES string of the molecule is C#CCNc1ccc(P(C)C)cc1OC1CC1. The highest BCUT2D eigenvalue weighted by molar-refractivity contribution is 7.64. The highest BCUT2D eigenvalue weighted by atomic mass is 31.1. The summed E-state index contributed by atoms with van der Waals surface area (Å²) >= 11 is 0. The fraction of sp³-hybridized carbons (Fsp3) is 0.429. The normalized spacial score (nSPS) is 14.5. The maximum atomic E-state index is 5.92. The van der Waals surface area contributed by atoms with Crippen molar-refractivity contribution in [2.45, 2.75) is 18.9 Å². The average Bonchev–Trinajstić information content (AvgIpc) is 3.11. The Kier molecular flexibility index (Phi) is 3.92. The van der Waals surface area contributed by atoms with Crippen LogP contribution in [0.5, 0.6) is 5.75 Å². The van der Waals surface area contributed by atoms with Gasteiger partial charge in [-0.25, -0.2) is 0 Å². The van der Waals surface area contributed by atoms with Gasteiger partial charge in [0, 0.05) is 0 Å². The Morgan fingerprint density at radius 3 is 2.82 bits per heavy atom. The molecule has 0 atom stereocenters. The number of benzene rings is 1. The van der Waals surface area contributed by atoms with Crippen LogP contribution in [0.25, 0.3) is 0 Å². The Balaban J connectivity index is 2.20. The summed E-state index contributed by atoms with van der Waals surface area (Å²) in [5, 5.41) is 4.57. The molecular formula is C14H18NOP. The summed E-state index contributed by atoms with van der Waals surface area (Å²) in [7, 11) is -0.0897. The first-order valence-electron chi connectivity index (χ1n) is 5.86. The molecule has 0 aliphatic heterocycles. The molecular weight excluding hydrogens is 229 g/mol. The lowest BCUT2D eigenvalue weighted by Crippen LogP contribution is -2.08.